The van der Waals surface area contributed by atoms with Crippen LogP contribution in [0.15, 0.2) is 109 Å². The van der Waals surface area contributed by atoms with Crippen LogP contribution in [0, 0.1) is 0 Å². The minimum atomic E-state index is -0.213. The highest BCUT2D eigenvalue weighted by Crippen LogP contribution is 2.35. The van der Waals surface area contributed by atoms with E-state index in [0.717, 1.165) is 36.3 Å². The standard InChI is InChI=1S/C35H36N4O2/c1-2-21-39-33(30-15-9-10-16-31(30)35(39)41)36-29-19-17-28(18-20-29)34(40)38-24-22-37(23-25-38)32(26-11-5-3-6-12-26)27-13-7-4-8-14-27/h3-20,32-33,36H,2,21-25H2,1H3. The average molecular weight is 545 g/mol. The second-order valence-corrected chi connectivity index (χ2v) is 10.8. The van der Waals surface area contributed by atoms with Crippen molar-refractivity contribution in [3.8, 4) is 0 Å². The molecule has 6 nitrogen and oxygen atoms in total. The molecule has 0 bridgehead atoms. The lowest BCUT2D eigenvalue weighted by atomic mass is 9.96. The highest BCUT2D eigenvalue weighted by atomic mass is 16.2. The van der Waals surface area contributed by atoms with Crippen LogP contribution in [0.3, 0.4) is 0 Å². The number of nitrogens with one attached hydrogen (secondary N) is 1. The number of benzene rings is 4. The van der Waals surface area contributed by atoms with Gasteiger partial charge in [0.2, 0.25) is 0 Å². The van der Waals surface area contributed by atoms with Gasteiger partial charge in [-0.3, -0.25) is 14.5 Å². The second kappa shape index (κ2) is 12.0. The number of hydrogen-bond donors (Lipinski definition) is 1. The fraction of sp³-hybridized carbons (Fsp3) is 0.257. The Morgan fingerprint density at radius 3 is 1.98 bits per heavy atom. The van der Waals surface area contributed by atoms with E-state index in [2.05, 4.69) is 77.8 Å². The van der Waals surface area contributed by atoms with Gasteiger partial charge in [-0.1, -0.05) is 85.8 Å². The monoisotopic (exact) mass is 544 g/mol. The summed E-state index contributed by atoms with van der Waals surface area (Å²) in [7, 11) is 0. The summed E-state index contributed by atoms with van der Waals surface area (Å²) in [5.74, 6) is 0.119. The number of rotatable bonds is 8. The zero-order valence-corrected chi connectivity index (χ0v) is 23.4. The van der Waals surface area contributed by atoms with Crippen LogP contribution in [0.5, 0.6) is 0 Å². The Kier molecular flexibility index (Phi) is 7.83. The maximum absolute atomic E-state index is 13.5. The summed E-state index contributed by atoms with van der Waals surface area (Å²) in [5, 5.41) is 3.53. The molecule has 2 amide bonds. The molecule has 4 aromatic rings. The number of amides is 2. The summed E-state index contributed by atoms with van der Waals surface area (Å²) in [5.41, 5.74) is 5.85. The molecule has 1 unspecified atom stereocenters. The van der Waals surface area contributed by atoms with Gasteiger partial charge in [0, 0.05) is 55.1 Å². The van der Waals surface area contributed by atoms with Gasteiger partial charge in [-0.2, -0.15) is 0 Å². The third-order valence-corrected chi connectivity index (χ3v) is 8.16. The van der Waals surface area contributed by atoms with E-state index < -0.39 is 0 Å². The molecule has 41 heavy (non-hydrogen) atoms. The molecule has 0 saturated carbocycles. The fourth-order valence-corrected chi connectivity index (χ4v) is 6.11. The molecule has 1 atom stereocenters. The molecule has 2 aliphatic rings. The minimum Gasteiger partial charge on any atom is -0.361 e. The normalized spacial score (nSPS) is 17.1. The molecule has 0 aliphatic carbocycles. The number of hydrogen-bond acceptors (Lipinski definition) is 4. The molecular weight excluding hydrogens is 508 g/mol. The Morgan fingerprint density at radius 2 is 1.37 bits per heavy atom. The van der Waals surface area contributed by atoms with Crippen molar-refractivity contribution in [1.82, 2.24) is 14.7 Å². The Morgan fingerprint density at radius 1 is 0.780 bits per heavy atom. The third kappa shape index (κ3) is 5.48. The van der Waals surface area contributed by atoms with Crippen LogP contribution >= 0.6 is 0 Å². The van der Waals surface area contributed by atoms with Gasteiger partial charge in [-0.15, -0.1) is 0 Å². The van der Waals surface area contributed by atoms with E-state index in [1.165, 1.54) is 11.1 Å². The van der Waals surface area contributed by atoms with E-state index in [1.807, 2.05) is 58.3 Å². The van der Waals surface area contributed by atoms with Gasteiger partial charge in [-0.25, -0.2) is 0 Å². The quantitative estimate of drug-likeness (QED) is 0.287. The molecule has 2 heterocycles. The summed E-state index contributed by atoms with van der Waals surface area (Å²) < 4.78 is 0. The molecule has 0 spiro atoms. The van der Waals surface area contributed by atoms with Crippen LogP contribution in [0.4, 0.5) is 5.69 Å². The van der Waals surface area contributed by atoms with Gasteiger partial charge in [0.05, 0.1) is 6.04 Å². The van der Waals surface area contributed by atoms with Crippen LogP contribution in [0.25, 0.3) is 0 Å². The Hall–Kier alpha value is -4.42. The third-order valence-electron chi connectivity index (χ3n) is 8.16. The smallest absolute Gasteiger partial charge is 0.256 e. The fourth-order valence-electron chi connectivity index (χ4n) is 6.11. The molecule has 4 aromatic carbocycles. The maximum Gasteiger partial charge on any atom is 0.256 e. The van der Waals surface area contributed by atoms with Crippen molar-refractivity contribution in [1.29, 1.82) is 0 Å². The zero-order chi connectivity index (χ0) is 28.2. The number of piperazine rings is 1. The predicted molar refractivity (Wildman–Crippen MR) is 163 cm³/mol. The zero-order valence-electron chi connectivity index (χ0n) is 23.4. The van der Waals surface area contributed by atoms with Crippen LogP contribution in [-0.4, -0.2) is 59.2 Å². The van der Waals surface area contributed by atoms with Gasteiger partial charge in [-0.05, 0) is 47.9 Å². The lowest BCUT2D eigenvalue weighted by Gasteiger charge is -2.39. The molecule has 208 valence electrons. The van der Waals surface area contributed by atoms with E-state index in [0.29, 0.717) is 25.2 Å². The lowest BCUT2D eigenvalue weighted by Crippen LogP contribution is -2.49. The van der Waals surface area contributed by atoms with Crippen molar-refractivity contribution in [3.05, 3.63) is 137 Å². The summed E-state index contributed by atoms with van der Waals surface area (Å²) >= 11 is 0. The van der Waals surface area contributed by atoms with Crippen molar-refractivity contribution < 1.29 is 9.59 Å². The van der Waals surface area contributed by atoms with E-state index in [4.69, 9.17) is 0 Å². The minimum absolute atomic E-state index is 0.0566. The topological polar surface area (TPSA) is 55.9 Å². The Balaban J connectivity index is 1.12. The number of fused-ring (bicyclic) bond motifs is 1. The highest BCUT2D eigenvalue weighted by Gasteiger charge is 2.36. The Bertz CT molecular complexity index is 1440. The molecule has 2 aliphatic heterocycles. The van der Waals surface area contributed by atoms with Crippen molar-refractivity contribution >= 4 is 17.5 Å². The van der Waals surface area contributed by atoms with Crippen LogP contribution in [0.1, 0.15) is 63.0 Å². The summed E-state index contributed by atoms with van der Waals surface area (Å²) in [6, 6.07) is 36.8. The molecule has 1 N–H and O–H groups in total. The van der Waals surface area contributed by atoms with Gasteiger partial charge >= 0.3 is 0 Å². The summed E-state index contributed by atoms with van der Waals surface area (Å²) in [6.45, 7) is 5.74. The average Bonchev–Trinajstić information content (AvgIpc) is 3.29. The van der Waals surface area contributed by atoms with E-state index in [-0.39, 0.29) is 24.0 Å². The van der Waals surface area contributed by atoms with Crippen LogP contribution in [-0.2, 0) is 0 Å². The van der Waals surface area contributed by atoms with Gasteiger partial charge in [0.1, 0.15) is 6.17 Å². The number of carbonyl (C=O) groups excluding carboxylic acids is 2. The number of carbonyl (C=O) groups is 2. The molecular formula is C35H36N4O2. The predicted octanol–water partition coefficient (Wildman–Crippen LogP) is 6.21. The van der Waals surface area contributed by atoms with Crippen molar-refractivity contribution in [3.63, 3.8) is 0 Å². The van der Waals surface area contributed by atoms with Crippen molar-refractivity contribution in [2.75, 3.05) is 38.0 Å². The molecule has 0 aromatic heterocycles. The number of anilines is 1. The first-order valence-electron chi connectivity index (χ1n) is 14.5. The van der Waals surface area contributed by atoms with Crippen molar-refractivity contribution in [2.45, 2.75) is 25.6 Å². The van der Waals surface area contributed by atoms with E-state index >= 15 is 0 Å². The lowest BCUT2D eigenvalue weighted by molar-refractivity contribution is 0.0597. The van der Waals surface area contributed by atoms with Crippen LogP contribution < -0.4 is 5.32 Å². The maximum atomic E-state index is 13.5. The number of nitrogens with zero attached hydrogens (tertiary/aromatic N) is 3. The first-order chi connectivity index (χ1) is 20.1. The van der Waals surface area contributed by atoms with Crippen molar-refractivity contribution in [2.24, 2.45) is 0 Å². The van der Waals surface area contributed by atoms with E-state index in [9.17, 15) is 9.59 Å². The molecule has 6 rings (SSSR count). The molecule has 1 saturated heterocycles. The molecule has 0 radical (unpaired) electrons. The largest absolute Gasteiger partial charge is 0.361 e. The second-order valence-electron chi connectivity index (χ2n) is 10.8. The Labute approximate surface area is 242 Å². The summed E-state index contributed by atoms with van der Waals surface area (Å²) in [6.07, 6.45) is 0.672. The SMILES string of the molecule is CCCN1C(=O)c2ccccc2C1Nc1ccc(C(=O)N2CCN(C(c3ccccc3)c3ccccc3)CC2)cc1. The van der Waals surface area contributed by atoms with Gasteiger partial charge in [0.15, 0.2) is 0 Å². The first-order valence-corrected chi connectivity index (χ1v) is 14.5. The first kappa shape index (κ1) is 26.8. The summed E-state index contributed by atoms with van der Waals surface area (Å²) in [4.78, 5) is 32.7. The van der Waals surface area contributed by atoms with Gasteiger partial charge in [0.25, 0.3) is 11.8 Å². The van der Waals surface area contributed by atoms with Crippen LogP contribution in [0.2, 0.25) is 0 Å². The van der Waals surface area contributed by atoms with Gasteiger partial charge < -0.3 is 15.1 Å². The molecule has 1 fully saturated rings. The molecule has 6 heteroatoms. The highest BCUT2D eigenvalue weighted by molar-refractivity contribution is 5.99. The van der Waals surface area contributed by atoms with E-state index in [1.54, 1.807) is 0 Å².